The fourth-order valence-electron chi connectivity index (χ4n) is 2.33. The molecule has 2 aromatic heterocycles. The van der Waals surface area contributed by atoms with E-state index in [1.165, 1.54) is 0 Å². The van der Waals surface area contributed by atoms with Crippen molar-refractivity contribution in [3.8, 4) is 0 Å². The number of aromatic nitrogens is 3. The summed E-state index contributed by atoms with van der Waals surface area (Å²) in [4.78, 5) is 4.49. The minimum absolute atomic E-state index is 0.322. The molecule has 1 atom stereocenters. The highest BCUT2D eigenvalue weighted by Crippen LogP contribution is 2.28. The second-order valence-electron chi connectivity index (χ2n) is 4.91. The van der Waals surface area contributed by atoms with E-state index in [4.69, 9.17) is 22.2 Å². The molecule has 7 heteroatoms. The van der Waals surface area contributed by atoms with Gasteiger partial charge in [-0.25, -0.2) is 5.43 Å². The number of halogens is 1. The van der Waals surface area contributed by atoms with Crippen molar-refractivity contribution in [3.05, 3.63) is 46.0 Å². The molecule has 0 aliphatic carbocycles. The van der Waals surface area contributed by atoms with E-state index in [-0.39, 0.29) is 6.04 Å². The highest BCUT2D eigenvalue weighted by Gasteiger charge is 2.23. The molecule has 2 heterocycles. The topological polar surface area (TPSA) is 78.0 Å². The van der Waals surface area contributed by atoms with Crippen molar-refractivity contribution >= 4 is 11.6 Å². The van der Waals surface area contributed by atoms with Crippen LogP contribution in [0, 0.1) is 13.8 Å². The Kier molecular flexibility index (Phi) is 5.30. The molecule has 2 rings (SSSR count). The van der Waals surface area contributed by atoms with Crippen LogP contribution in [0.25, 0.3) is 0 Å². The van der Waals surface area contributed by atoms with E-state index in [1.807, 2.05) is 20.0 Å². The lowest BCUT2D eigenvalue weighted by Gasteiger charge is -2.20. The van der Waals surface area contributed by atoms with Gasteiger partial charge in [-0.2, -0.15) is 5.10 Å². The van der Waals surface area contributed by atoms with E-state index in [9.17, 15) is 0 Å². The molecule has 0 radical (unpaired) electrons. The molecule has 0 aromatic carbocycles. The summed E-state index contributed by atoms with van der Waals surface area (Å²) in [5, 5.41) is 4.83. The van der Waals surface area contributed by atoms with Crippen molar-refractivity contribution in [2.24, 2.45) is 5.84 Å². The molecule has 0 bridgehead atoms. The van der Waals surface area contributed by atoms with Crippen LogP contribution in [-0.4, -0.2) is 28.5 Å². The zero-order valence-corrected chi connectivity index (χ0v) is 13.2. The van der Waals surface area contributed by atoms with E-state index in [0.29, 0.717) is 18.2 Å². The smallest absolute Gasteiger partial charge is 0.107 e. The SMILES string of the molecule is COCCn1ncc(Cl)c1C(NN)c1ncc(C)cc1C. The number of nitrogens with zero attached hydrogens (tertiary/aromatic N) is 3. The minimum atomic E-state index is -0.322. The molecule has 21 heavy (non-hydrogen) atoms. The number of hydrogen-bond acceptors (Lipinski definition) is 5. The quantitative estimate of drug-likeness (QED) is 0.628. The highest BCUT2D eigenvalue weighted by atomic mass is 35.5. The number of methoxy groups -OCH3 is 1. The van der Waals surface area contributed by atoms with Crippen molar-refractivity contribution in [2.45, 2.75) is 26.4 Å². The van der Waals surface area contributed by atoms with Gasteiger partial charge < -0.3 is 4.74 Å². The van der Waals surface area contributed by atoms with Gasteiger partial charge >= 0.3 is 0 Å². The maximum atomic E-state index is 6.28. The van der Waals surface area contributed by atoms with Crippen LogP contribution in [0.15, 0.2) is 18.5 Å². The fourth-order valence-corrected chi connectivity index (χ4v) is 2.58. The van der Waals surface area contributed by atoms with Gasteiger partial charge in [0.2, 0.25) is 0 Å². The van der Waals surface area contributed by atoms with Crippen LogP contribution in [0.4, 0.5) is 0 Å². The fraction of sp³-hybridized carbons (Fsp3) is 0.429. The molecule has 0 fully saturated rings. The average Bonchev–Trinajstić information content (AvgIpc) is 2.81. The predicted octanol–water partition coefficient (Wildman–Crippen LogP) is 1.75. The van der Waals surface area contributed by atoms with Gasteiger partial charge in [-0.15, -0.1) is 0 Å². The molecule has 2 aromatic rings. The lowest BCUT2D eigenvalue weighted by Crippen LogP contribution is -2.32. The minimum Gasteiger partial charge on any atom is -0.383 e. The van der Waals surface area contributed by atoms with Gasteiger partial charge in [0, 0.05) is 13.3 Å². The standard InChI is InChI=1S/C14H20ClN5O/c1-9-6-10(2)12(17-7-9)13(19-16)14-11(15)8-18-20(14)4-5-21-3/h6-8,13,19H,4-5,16H2,1-3H3. The molecule has 0 saturated carbocycles. The van der Waals surface area contributed by atoms with Crippen molar-refractivity contribution < 1.29 is 4.74 Å². The summed E-state index contributed by atoms with van der Waals surface area (Å²) in [5.74, 6) is 5.75. The highest BCUT2D eigenvalue weighted by molar-refractivity contribution is 6.31. The van der Waals surface area contributed by atoms with Crippen LogP contribution >= 0.6 is 11.6 Å². The number of rotatable bonds is 6. The normalized spacial score (nSPS) is 12.6. The number of hydrogen-bond donors (Lipinski definition) is 2. The number of aryl methyl sites for hydroxylation is 2. The van der Waals surface area contributed by atoms with Gasteiger partial charge in [-0.05, 0) is 25.0 Å². The van der Waals surface area contributed by atoms with E-state index in [2.05, 4.69) is 21.6 Å². The summed E-state index contributed by atoms with van der Waals surface area (Å²) < 4.78 is 6.89. The lowest BCUT2D eigenvalue weighted by atomic mass is 10.0. The second kappa shape index (κ2) is 7.00. The Bertz CT molecular complexity index is 613. The summed E-state index contributed by atoms with van der Waals surface area (Å²) in [5.41, 5.74) is 6.57. The predicted molar refractivity (Wildman–Crippen MR) is 82.0 cm³/mol. The van der Waals surface area contributed by atoms with Crippen LogP contribution in [0.3, 0.4) is 0 Å². The first kappa shape index (κ1) is 15.9. The van der Waals surface area contributed by atoms with Crippen LogP contribution < -0.4 is 11.3 Å². The molecule has 6 nitrogen and oxygen atoms in total. The largest absolute Gasteiger partial charge is 0.383 e. The van der Waals surface area contributed by atoms with Crippen LogP contribution in [0.5, 0.6) is 0 Å². The summed E-state index contributed by atoms with van der Waals surface area (Å²) in [6.45, 7) is 5.15. The summed E-state index contributed by atoms with van der Waals surface area (Å²) in [7, 11) is 1.65. The van der Waals surface area contributed by atoms with Crippen molar-refractivity contribution in [1.82, 2.24) is 20.2 Å². The van der Waals surface area contributed by atoms with E-state index in [0.717, 1.165) is 22.5 Å². The molecule has 0 saturated heterocycles. The Balaban J connectivity index is 2.43. The average molecular weight is 310 g/mol. The van der Waals surface area contributed by atoms with Gasteiger partial charge in [0.1, 0.15) is 6.04 Å². The third kappa shape index (κ3) is 3.41. The molecule has 1 unspecified atom stereocenters. The second-order valence-corrected chi connectivity index (χ2v) is 5.32. The third-order valence-electron chi connectivity index (χ3n) is 3.31. The molecule has 0 amide bonds. The first-order valence-electron chi connectivity index (χ1n) is 6.68. The number of ether oxygens (including phenoxy) is 1. The molecule has 114 valence electrons. The number of hydrazine groups is 1. The first-order chi connectivity index (χ1) is 10.1. The monoisotopic (exact) mass is 309 g/mol. The van der Waals surface area contributed by atoms with E-state index >= 15 is 0 Å². The number of nitrogens with two attached hydrogens (primary N) is 1. The zero-order valence-electron chi connectivity index (χ0n) is 12.4. The van der Waals surface area contributed by atoms with Crippen LogP contribution in [-0.2, 0) is 11.3 Å². The number of nitrogens with one attached hydrogen (secondary N) is 1. The molecular formula is C14H20ClN5O. The Morgan fingerprint density at radius 2 is 2.19 bits per heavy atom. The number of pyridine rings is 1. The maximum Gasteiger partial charge on any atom is 0.107 e. The van der Waals surface area contributed by atoms with Crippen LogP contribution in [0.1, 0.15) is 28.6 Å². The van der Waals surface area contributed by atoms with E-state index < -0.39 is 0 Å². The maximum absolute atomic E-state index is 6.28. The Morgan fingerprint density at radius 1 is 1.43 bits per heavy atom. The van der Waals surface area contributed by atoms with Gasteiger partial charge in [0.05, 0.1) is 35.8 Å². The zero-order chi connectivity index (χ0) is 15.4. The molecular weight excluding hydrogens is 290 g/mol. The van der Waals surface area contributed by atoms with Gasteiger partial charge in [0.25, 0.3) is 0 Å². The van der Waals surface area contributed by atoms with E-state index in [1.54, 1.807) is 18.0 Å². The summed E-state index contributed by atoms with van der Waals surface area (Å²) in [6, 6.07) is 1.74. The van der Waals surface area contributed by atoms with Crippen molar-refractivity contribution in [2.75, 3.05) is 13.7 Å². The Hall–Kier alpha value is -1.47. The van der Waals surface area contributed by atoms with Gasteiger partial charge in [-0.1, -0.05) is 17.7 Å². The molecule has 0 aliphatic heterocycles. The summed E-state index contributed by atoms with van der Waals surface area (Å²) >= 11 is 6.28. The summed E-state index contributed by atoms with van der Waals surface area (Å²) in [6.07, 6.45) is 3.43. The van der Waals surface area contributed by atoms with Gasteiger partial charge in [0.15, 0.2) is 0 Å². The van der Waals surface area contributed by atoms with Crippen molar-refractivity contribution in [1.29, 1.82) is 0 Å². The molecule has 0 aliphatic rings. The van der Waals surface area contributed by atoms with Gasteiger partial charge in [-0.3, -0.25) is 15.5 Å². The molecule has 0 spiro atoms. The Labute approximate surface area is 129 Å². The lowest BCUT2D eigenvalue weighted by molar-refractivity contribution is 0.182. The molecule has 3 N–H and O–H groups in total. The third-order valence-corrected chi connectivity index (χ3v) is 3.60. The van der Waals surface area contributed by atoms with Crippen LogP contribution in [0.2, 0.25) is 5.02 Å². The Morgan fingerprint density at radius 3 is 2.81 bits per heavy atom. The first-order valence-corrected chi connectivity index (χ1v) is 7.05. The van der Waals surface area contributed by atoms with Crippen molar-refractivity contribution in [3.63, 3.8) is 0 Å².